The largest absolute Gasteiger partial charge is 0.355 e. The van der Waals surface area contributed by atoms with E-state index in [9.17, 15) is 4.39 Å². The van der Waals surface area contributed by atoms with Gasteiger partial charge in [-0.1, -0.05) is 11.2 Å². The average Bonchev–Trinajstić information content (AvgIpc) is 3.06. The molecular weight excluding hydrogens is 329 g/mol. The fraction of sp³-hybridized carbons (Fsp3) is 0. The highest BCUT2D eigenvalue weighted by Crippen LogP contribution is 2.30. The Labute approximate surface area is 148 Å². The van der Waals surface area contributed by atoms with Crippen molar-refractivity contribution in [2.45, 2.75) is 0 Å². The molecule has 4 nitrogen and oxygen atoms in total. The molecule has 2 aromatic carbocycles. The van der Waals surface area contributed by atoms with Crippen molar-refractivity contribution >= 4 is 22.4 Å². The Bertz CT molecular complexity index is 1180. The molecule has 0 fully saturated rings. The van der Waals surface area contributed by atoms with E-state index in [2.05, 4.69) is 10.1 Å². The van der Waals surface area contributed by atoms with Gasteiger partial charge >= 0.3 is 5.82 Å². The van der Waals surface area contributed by atoms with Crippen LogP contribution in [0.25, 0.3) is 22.2 Å². The number of pyridine rings is 1. The van der Waals surface area contributed by atoms with Crippen LogP contribution in [0.4, 0.5) is 10.2 Å². The van der Waals surface area contributed by atoms with Crippen molar-refractivity contribution in [1.29, 1.82) is 0 Å². The van der Waals surface area contributed by atoms with Gasteiger partial charge in [0, 0.05) is 23.3 Å². The lowest BCUT2D eigenvalue weighted by molar-refractivity contribution is -0.375. The molecule has 0 bridgehead atoms. The van der Waals surface area contributed by atoms with Crippen molar-refractivity contribution in [3.05, 3.63) is 90.5 Å². The summed E-state index contributed by atoms with van der Waals surface area (Å²) in [6.45, 7) is 0. The summed E-state index contributed by atoms with van der Waals surface area (Å²) in [7, 11) is 0. The number of fused-ring (bicyclic) bond motifs is 1. The zero-order chi connectivity index (χ0) is 17.5. The van der Waals surface area contributed by atoms with Crippen LogP contribution in [0.15, 0.2) is 83.7 Å². The number of benzene rings is 2. The molecule has 26 heavy (non-hydrogen) atoms. The Hall–Kier alpha value is -3.60. The first-order chi connectivity index (χ1) is 12.8. The molecule has 0 saturated carbocycles. The molecule has 124 valence electrons. The number of rotatable bonds is 3. The molecule has 1 aliphatic rings. The smallest absolute Gasteiger partial charge is 0.327 e. The monoisotopic (exact) mass is 342 g/mol. The van der Waals surface area contributed by atoms with Gasteiger partial charge in [0.1, 0.15) is 29.4 Å². The van der Waals surface area contributed by atoms with Gasteiger partial charge in [-0.2, -0.15) is 4.58 Å². The van der Waals surface area contributed by atoms with E-state index in [1.54, 1.807) is 18.3 Å². The molecule has 0 aliphatic carbocycles. The molecule has 5 heteroatoms. The Morgan fingerprint density at radius 2 is 1.77 bits per heavy atom. The first-order valence-electron chi connectivity index (χ1n) is 8.21. The van der Waals surface area contributed by atoms with Gasteiger partial charge in [-0.05, 0) is 53.5 Å². The first-order valence-corrected chi connectivity index (χ1v) is 8.21. The first kappa shape index (κ1) is 14.7. The lowest BCUT2D eigenvalue weighted by Gasteiger charge is -2.12. The van der Waals surface area contributed by atoms with E-state index in [1.807, 2.05) is 53.2 Å². The number of aromatic nitrogens is 2. The Balaban J connectivity index is 1.62. The lowest BCUT2D eigenvalue weighted by Crippen LogP contribution is -2.19. The molecule has 0 amide bonds. The number of halogens is 1. The van der Waals surface area contributed by atoms with Crippen LogP contribution in [0.3, 0.4) is 0 Å². The predicted molar refractivity (Wildman–Crippen MR) is 96.8 cm³/mol. The van der Waals surface area contributed by atoms with Crippen LogP contribution in [0, 0.1) is 5.82 Å². The molecule has 5 rings (SSSR count). The second-order valence-electron chi connectivity index (χ2n) is 6.01. The fourth-order valence-corrected chi connectivity index (χ4v) is 3.07. The minimum absolute atomic E-state index is 0.278. The molecule has 1 aliphatic heterocycles. The average molecular weight is 342 g/mol. The van der Waals surface area contributed by atoms with Crippen LogP contribution < -0.4 is 0 Å². The third-order valence-corrected chi connectivity index (χ3v) is 4.42. The topological polar surface area (TPSA) is 41.9 Å². The zero-order valence-corrected chi connectivity index (χ0v) is 13.6. The van der Waals surface area contributed by atoms with Crippen molar-refractivity contribution in [2.75, 3.05) is 0 Å². The van der Waals surface area contributed by atoms with Gasteiger partial charge in [0.2, 0.25) is 0 Å². The molecule has 0 unspecified atom stereocenters. The summed E-state index contributed by atoms with van der Waals surface area (Å²) in [4.78, 5) is 4.39. The van der Waals surface area contributed by atoms with E-state index in [4.69, 9.17) is 4.52 Å². The summed E-state index contributed by atoms with van der Waals surface area (Å²) in [6.07, 6.45) is 5.80. The zero-order valence-electron chi connectivity index (χ0n) is 13.6. The Morgan fingerprint density at radius 3 is 2.50 bits per heavy atom. The Kier molecular flexibility index (Phi) is 3.25. The summed E-state index contributed by atoms with van der Waals surface area (Å²) in [5, 5.41) is 5.01. The predicted octanol–water partition coefficient (Wildman–Crippen LogP) is 4.69. The standard InChI is InChI=1S/C21H13FN3O/c22-16-7-4-14(5-8-16)21-17-13-15(6-9-18(17)24-26-21)19-10-12-25(19)20-3-1-2-11-23-20/h1-13H/q+1. The van der Waals surface area contributed by atoms with Crippen molar-refractivity contribution in [3.63, 3.8) is 0 Å². The van der Waals surface area contributed by atoms with Gasteiger partial charge in [-0.15, -0.1) is 0 Å². The number of nitrogens with zero attached hydrogens (tertiary/aromatic N) is 3. The molecule has 3 heterocycles. The van der Waals surface area contributed by atoms with Crippen LogP contribution in [-0.4, -0.2) is 20.4 Å². The van der Waals surface area contributed by atoms with E-state index in [1.165, 1.54) is 12.1 Å². The van der Waals surface area contributed by atoms with Gasteiger partial charge in [0.05, 0.1) is 5.39 Å². The van der Waals surface area contributed by atoms with Gasteiger partial charge < -0.3 is 4.52 Å². The van der Waals surface area contributed by atoms with Crippen LogP contribution >= 0.6 is 0 Å². The molecule has 4 aromatic rings. The highest BCUT2D eigenvalue weighted by Gasteiger charge is 2.22. The minimum atomic E-state index is -0.278. The van der Waals surface area contributed by atoms with E-state index in [0.717, 1.165) is 33.6 Å². The summed E-state index contributed by atoms with van der Waals surface area (Å²) >= 11 is 0. The normalized spacial score (nSPS) is 13.3. The Morgan fingerprint density at radius 1 is 0.923 bits per heavy atom. The third kappa shape index (κ3) is 2.33. The quantitative estimate of drug-likeness (QED) is 0.507. The van der Waals surface area contributed by atoms with Gasteiger partial charge in [0.25, 0.3) is 0 Å². The van der Waals surface area contributed by atoms with Crippen LogP contribution in [-0.2, 0) is 0 Å². The van der Waals surface area contributed by atoms with Gasteiger partial charge in [-0.25, -0.2) is 4.39 Å². The summed E-state index contributed by atoms with van der Waals surface area (Å²) in [5.74, 6) is 1.23. The van der Waals surface area contributed by atoms with Gasteiger partial charge in [0.15, 0.2) is 5.76 Å². The highest BCUT2D eigenvalue weighted by atomic mass is 19.1. The van der Waals surface area contributed by atoms with Crippen molar-refractivity contribution in [2.24, 2.45) is 0 Å². The number of hydrogen-bond donors (Lipinski definition) is 0. The molecule has 0 saturated heterocycles. The third-order valence-electron chi connectivity index (χ3n) is 4.42. The maximum Gasteiger partial charge on any atom is 0.327 e. The maximum atomic E-state index is 13.2. The second-order valence-corrected chi connectivity index (χ2v) is 6.01. The van der Waals surface area contributed by atoms with Crippen molar-refractivity contribution in [1.82, 2.24) is 10.1 Å². The highest BCUT2D eigenvalue weighted by molar-refractivity contribution is 6.10. The molecule has 0 N–H and O–H groups in total. The summed E-state index contributed by atoms with van der Waals surface area (Å²) < 4.78 is 20.7. The van der Waals surface area contributed by atoms with Gasteiger partial charge in [-0.3, -0.25) is 0 Å². The molecule has 0 radical (unpaired) electrons. The fourth-order valence-electron chi connectivity index (χ4n) is 3.07. The lowest BCUT2D eigenvalue weighted by atomic mass is 10.0. The SMILES string of the molecule is Fc1ccc(-c2onc3ccc(C4=[N+](c5ccccn5)C=C4)cc23)cc1. The van der Waals surface area contributed by atoms with E-state index < -0.39 is 0 Å². The molecular formula is C21H13FN3O+. The number of hydrogen-bond acceptors (Lipinski definition) is 3. The van der Waals surface area contributed by atoms with E-state index >= 15 is 0 Å². The molecule has 0 spiro atoms. The minimum Gasteiger partial charge on any atom is -0.355 e. The van der Waals surface area contributed by atoms with E-state index in [0.29, 0.717) is 5.76 Å². The molecule has 0 atom stereocenters. The maximum absolute atomic E-state index is 13.2. The summed E-state index contributed by atoms with van der Waals surface area (Å²) in [5.41, 5.74) is 3.65. The van der Waals surface area contributed by atoms with Crippen molar-refractivity contribution < 1.29 is 13.5 Å². The van der Waals surface area contributed by atoms with Crippen molar-refractivity contribution in [3.8, 4) is 11.3 Å². The van der Waals surface area contributed by atoms with E-state index in [-0.39, 0.29) is 5.82 Å². The summed E-state index contributed by atoms with van der Waals surface area (Å²) in [6, 6.07) is 18.0. The number of allylic oxidation sites excluding steroid dienone is 1. The van der Waals surface area contributed by atoms with Crippen LogP contribution in [0.2, 0.25) is 0 Å². The van der Waals surface area contributed by atoms with Crippen LogP contribution in [0.1, 0.15) is 5.56 Å². The van der Waals surface area contributed by atoms with Crippen LogP contribution in [0.5, 0.6) is 0 Å². The molecule has 2 aromatic heterocycles. The second kappa shape index (κ2) is 5.74.